The van der Waals surface area contributed by atoms with Crippen LogP contribution in [0.2, 0.25) is 0 Å². The van der Waals surface area contributed by atoms with E-state index in [1.807, 2.05) is 24.3 Å². The fourth-order valence-corrected chi connectivity index (χ4v) is 6.31. The lowest BCUT2D eigenvalue weighted by atomic mass is 9.72. The maximum atomic E-state index is 13.1. The maximum Gasteiger partial charge on any atom is 0.279 e. The quantitative estimate of drug-likeness (QED) is 0.501. The van der Waals surface area contributed by atoms with E-state index in [4.69, 9.17) is 0 Å². The first kappa shape index (κ1) is 20.3. The van der Waals surface area contributed by atoms with Gasteiger partial charge in [0.2, 0.25) is 5.91 Å². The second kappa shape index (κ2) is 7.49. The molecule has 1 aliphatic rings. The summed E-state index contributed by atoms with van der Waals surface area (Å²) in [6, 6.07) is 7.69. The van der Waals surface area contributed by atoms with Gasteiger partial charge in [0.15, 0.2) is 9.96 Å². The number of hydrogen-bond donors (Lipinski definition) is 1. The second-order valence-electron chi connectivity index (χ2n) is 9.08. The molecule has 1 aliphatic carbocycles. The first-order valence-electron chi connectivity index (χ1n) is 10.3. The Morgan fingerprint density at radius 3 is 2.84 bits per heavy atom. The van der Waals surface area contributed by atoms with Crippen LogP contribution in [0.4, 0.5) is 5.13 Å². The lowest BCUT2D eigenvalue weighted by Crippen LogP contribution is -2.31. The molecule has 5 rings (SSSR count). The first-order chi connectivity index (χ1) is 14.8. The molecule has 3 heterocycles. The molecule has 0 fully saturated rings. The molecule has 160 valence electrons. The molecule has 31 heavy (non-hydrogen) atoms. The van der Waals surface area contributed by atoms with Gasteiger partial charge in [-0.2, -0.15) is 0 Å². The molecule has 0 spiro atoms. The Bertz CT molecular complexity index is 1330. The summed E-state index contributed by atoms with van der Waals surface area (Å²) in [5, 5.41) is 12.2. The Hall–Kier alpha value is -2.65. The van der Waals surface area contributed by atoms with Crippen molar-refractivity contribution in [3.63, 3.8) is 0 Å². The van der Waals surface area contributed by atoms with Crippen molar-refractivity contribution >= 4 is 54.1 Å². The number of carbonyl (C=O) groups is 1. The highest BCUT2D eigenvalue weighted by atomic mass is 32.1. The van der Waals surface area contributed by atoms with E-state index in [1.165, 1.54) is 16.2 Å². The van der Waals surface area contributed by atoms with E-state index in [-0.39, 0.29) is 23.4 Å². The molecule has 0 bridgehead atoms. The molecule has 1 unspecified atom stereocenters. The number of hydrogen-bond acceptors (Lipinski definition) is 7. The highest BCUT2D eigenvalue weighted by molar-refractivity contribution is 7.22. The van der Waals surface area contributed by atoms with Gasteiger partial charge in [-0.3, -0.25) is 9.59 Å². The molecule has 3 aromatic heterocycles. The first-order valence-corrected chi connectivity index (χ1v) is 12.0. The second-order valence-corrected chi connectivity index (χ2v) is 11.2. The van der Waals surface area contributed by atoms with E-state index in [0.29, 0.717) is 21.3 Å². The highest BCUT2D eigenvalue weighted by Gasteiger charge is 2.32. The fraction of sp³-hybridized carbons (Fsp3) is 0.409. The molecule has 0 saturated heterocycles. The number of nitrogens with one attached hydrogen (secondary N) is 1. The van der Waals surface area contributed by atoms with Gasteiger partial charge in [0.25, 0.3) is 5.56 Å². The number of rotatable bonds is 3. The van der Waals surface area contributed by atoms with Gasteiger partial charge < -0.3 is 5.32 Å². The average molecular weight is 454 g/mol. The van der Waals surface area contributed by atoms with Gasteiger partial charge in [-0.1, -0.05) is 49.5 Å². The third-order valence-electron chi connectivity index (χ3n) is 6.00. The average Bonchev–Trinajstić information content (AvgIpc) is 3.29. The third kappa shape index (κ3) is 3.76. The summed E-state index contributed by atoms with van der Waals surface area (Å²) in [5.74, 6) is 0.245. The van der Waals surface area contributed by atoms with Gasteiger partial charge in [-0.15, -0.1) is 16.4 Å². The van der Waals surface area contributed by atoms with Gasteiger partial charge in [0.05, 0.1) is 15.6 Å². The van der Waals surface area contributed by atoms with Gasteiger partial charge in [0.1, 0.15) is 6.54 Å². The summed E-state index contributed by atoms with van der Waals surface area (Å²) < 4.78 is 2.16. The van der Waals surface area contributed by atoms with Crippen LogP contribution < -0.4 is 10.9 Å². The zero-order valence-electron chi connectivity index (χ0n) is 17.6. The van der Waals surface area contributed by atoms with Crippen molar-refractivity contribution in [3.8, 4) is 0 Å². The number of carbonyl (C=O) groups excluding carboxylic acids is 1. The topological polar surface area (TPSA) is 89.8 Å². The SMILES string of the molecule is CC(C)(C)C1CCc2c(sc3nnn(CC(=O)Nc4nc5ccccc5s4)c(=O)c23)C1. The fourth-order valence-electron chi connectivity index (χ4n) is 4.19. The molecule has 0 aliphatic heterocycles. The number of para-hydroxylation sites is 1. The molecule has 1 N–H and O–H groups in total. The zero-order chi connectivity index (χ0) is 21.8. The predicted octanol–water partition coefficient (Wildman–Crippen LogP) is 4.25. The van der Waals surface area contributed by atoms with Gasteiger partial charge in [0, 0.05) is 4.88 Å². The van der Waals surface area contributed by atoms with Crippen molar-refractivity contribution in [1.82, 2.24) is 20.0 Å². The van der Waals surface area contributed by atoms with E-state index < -0.39 is 0 Å². The third-order valence-corrected chi connectivity index (χ3v) is 8.09. The van der Waals surface area contributed by atoms with Gasteiger partial charge in [-0.25, -0.2) is 9.67 Å². The minimum atomic E-state index is -0.341. The van der Waals surface area contributed by atoms with Crippen LogP contribution in [-0.4, -0.2) is 25.9 Å². The van der Waals surface area contributed by atoms with Crippen molar-refractivity contribution in [2.75, 3.05) is 5.32 Å². The lowest BCUT2D eigenvalue weighted by Gasteiger charge is -2.33. The summed E-state index contributed by atoms with van der Waals surface area (Å²) in [4.78, 5) is 32.0. The molecule has 1 atom stereocenters. The number of aryl methyl sites for hydroxylation is 1. The molecule has 0 radical (unpaired) electrons. The van der Waals surface area contributed by atoms with E-state index >= 15 is 0 Å². The van der Waals surface area contributed by atoms with Crippen molar-refractivity contribution < 1.29 is 4.79 Å². The molecule has 7 nitrogen and oxygen atoms in total. The minimum absolute atomic E-state index is 0.188. The van der Waals surface area contributed by atoms with Crippen LogP contribution in [0, 0.1) is 11.3 Å². The Morgan fingerprint density at radius 2 is 2.06 bits per heavy atom. The molecule has 1 aromatic carbocycles. The summed E-state index contributed by atoms with van der Waals surface area (Å²) >= 11 is 2.97. The highest BCUT2D eigenvalue weighted by Crippen LogP contribution is 2.41. The van der Waals surface area contributed by atoms with Crippen molar-refractivity contribution in [3.05, 3.63) is 45.1 Å². The summed E-state index contributed by atoms with van der Waals surface area (Å²) in [7, 11) is 0. The van der Waals surface area contributed by atoms with Crippen LogP contribution in [0.25, 0.3) is 20.4 Å². The van der Waals surface area contributed by atoms with Crippen LogP contribution in [0.15, 0.2) is 29.1 Å². The van der Waals surface area contributed by atoms with Crippen molar-refractivity contribution in [2.24, 2.45) is 11.3 Å². The Kier molecular flexibility index (Phi) is 4.90. The van der Waals surface area contributed by atoms with Crippen LogP contribution in [0.1, 0.15) is 37.6 Å². The Morgan fingerprint density at radius 1 is 1.26 bits per heavy atom. The van der Waals surface area contributed by atoms with Gasteiger partial charge >= 0.3 is 0 Å². The summed E-state index contributed by atoms with van der Waals surface area (Å²) in [5.41, 5.74) is 1.93. The monoisotopic (exact) mass is 453 g/mol. The predicted molar refractivity (Wildman–Crippen MR) is 125 cm³/mol. The standard InChI is InChI=1S/C22H23N5O2S2/c1-22(2,3)12-8-9-13-16(10-12)30-19-18(13)20(29)27(26-25-19)11-17(28)24-21-23-14-6-4-5-7-15(14)31-21/h4-7,12H,8-11H2,1-3H3,(H,23,24,28). The maximum absolute atomic E-state index is 13.1. The summed E-state index contributed by atoms with van der Waals surface area (Å²) in [6.07, 6.45) is 2.90. The van der Waals surface area contributed by atoms with Crippen LogP contribution in [-0.2, 0) is 24.2 Å². The molecule has 4 aromatic rings. The van der Waals surface area contributed by atoms with E-state index in [0.717, 1.165) is 39.7 Å². The Balaban J connectivity index is 1.40. The molecule has 0 saturated carbocycles. The van der Waals surface area contributed by atoms with E-state index in [2.05, 4.69) is 41.4 Å². The summed E-state index contributed by atoms with van der Waals surface area (Å²) in [6.45, 7) is 6.62. The molecule has 1 amide bonds. The number of amides is 1. The smallest absolute Gasteiger partial charge is 0.279 e. The normalized spacial score (nSPS) is 16.5. The van der Waals surface area contributed by atoms with Crippen LogP contribution in [0.5, 0.6) is 0 Å². The molecular formula is C22H23N5O2S2. The number of thiophene rings is 1. The lowest BCUT2D eigenvalue weighted by molar-refractivity contribution is -0.117. The van der Waals surface area contributed by atoms with Crippen molar-refractivity contribution in [1.29, 1.82) is 0 Å². The van der Waals surface area contributed by atoms with Crippen LogP contribution in [0.3, 0.4) is 0 Å². The Labute approximate surface area is 187 Å². The molecular weight excluding hydrogens is 430 g/mol. The van der Waals surface area contributed by atoms with E-state index in [1.54, 1.807) is 11.3 Å². The van der Waals surface area contributed by atoms with Gasteiger partial charge in [-0.05, 0) is 48.3 Å². The number of aromatic nitrogens is 4. The molecule has 9 heteroatoms. The minimum Gasteiger partial charge on any atom is -0.300 e. The number of thiazole rings is 1. The number of anilines is 1. The van der Waals surface area contributed by atoms with Crippen molar-refractivity contribution in [2.45, 2.75) is 46.6 Å². The number of benzene rings is 1. The number of fused-ring (bicyclic) bond motifs is 4. The van der Waals surface area contributed by atoms with E-state index in [9.17, 15) is 9.59 Å². The number of nitrogens with zero attached hydrogens (tertiary/aromatic N) is 4. The van der Waals surface area contributed by atoms with Crippen LogP contribution >= 0.6 is 22.7 Å². The largest absolute Gasteiger partial charge is 0.300 e. The zero-order valence-corrected chi connectivity index (χ0v) is 19.3.